The predicted octanol–water partition coefficient (Wildman–Crippen LogP) is 6.84. The van der Waals surface area contributed by atoms with Gasteiger partial charge in [0.2, 0.25) is 5.13 Å². The number of nitrogens with zero attached hydrogens (tertiary/aromatic N) is 2. The monoisotopic (exact) mass is 491 g/mol. The van der Waals surface area contributed by atoms with Gasteiger partial charge in [0.15, 0.2) is 11.5 Å². The number of thiazole rings is 1. The smallest absolute Gasteiger partial charge is 0.343 e. The number of ether oxygens (including phenoxy) is 2. The molecule has 1 N–H and O–H groups in total. The SMILES string of the molecule is CCOc1cc(/C=N\Nc2nc(-c3ccc(Cl)cc3)cs2)ccc1OC(=O)c1cccc(C)c1. The fourth-order valence-electron chi connectivity index (χ4n) is 3.13. The van der Waals surface area contributed by atoms with Crippen molar-refractivity contribution in [2.24, 2.45) is 5.10 Å². The maximum atomic E-state index is 12.5. The Labute approximate surface area is 206 Å². The summed E-state index contributed by atoms with van der Waals surface area (Å²) in [6.07, 6.45) is 1.65. The van der Waals surface area contributed by atoms with Crippen molar-refractivity contribution in [1.82, 2.24) is 4.98 Å². The molecule has 0 radical (unpaired) electrons. The van der Waals surface area contributed by atoms with Crippen LogP contribution in [-0.2, 0) is 0 Å². The number of carbonyl (C=O) groups excluding carboxylic acids is 1. The molecule has 8 heteroatoms. The highest BCUT2D eigenvalue weighted by molar-refractivity contribution is 7.14. The fraction of sp³-hybridized carbons (Fsp3) is 0.115. The van der Waals surface area contributed by atoms with Gasteiger partial charge in [0.05, 0.1) is 24.1 Å². The molecular weight excluding hydrogens is 470 g/mol. The first-order valence-electron chi connectivity index (χ1n) is 10.6. The normalized spacial score (nSPS) is 10.9. The Kier molecular flexibility index (Phi) is 7.57. The van der Waals surface area contributed by atoms with E-state index in [0.29, 0.717) is 33.8 Å². The predicted molar refractivity (Wildman–Crippen MR) is 138 cm³/mol. The maximum Gasteiger partial charge on any atom is 0.343 e. The zero-order valence-electron chi connectivity index (χ0n) is 18.6. The summed E-state index contributed by atoms with van der Waals surface area (Å²) < 4.78 is 11.3. The fourth-order valence-corrected chi connectivity index (χ4v) is 3.92. The van der Waals surface area contributed by atoms with Crippen LogP contribution in [0.15, 0.2) is 77.2 Å². The molecule has 1 aromatic heterocycles. The standard InChI is InChI=1S/C26H22ClN3O3S/c1-3-32-24-14-18(7-12-23(24)33-25(31)20-6-4-5-17(2)13-20)15-28-30-26-29-22(16-34-26)19-8-10-21(27)11-9-19/h4-16H,3H2,1-2H3,(H,29,30)/b28-15-. The number of hydrogen-bond donors (Lipinski definition) is 1. The van der Waals surface area contributed by atoms with Gasteiger partial charge in [0.25, 0.3) is 0 Å². The number of aryl methyl sites for hydroxylation is 1. The van der Waals surface area contributed by atoms with E-state index in [4.69, 9.17) is 21.1 Å². The van der Waals surface area contributed by atoms with Crippen molar-refractivity contribution < 1.29 is 14.3 Å². The lowest BCUT2D eigenvalue weighted by Crippen LogP contribution is -2.10. The van der Waals surface area contributed by atoms with Gasteiger partial charge in [-0.3, -0.25) is 5.43 Å². The first-order valence-corrected chi connectivity index (χ1v) is 11.8. The van der Waals surface area contributed by atoms with Crippen LogP contribution >= 0.6 is 22.9 Å². The molecule has 0 atom stereocenters. The summed E-state index contributed by atoms with van der Waals surface area (Å²) in [6.45, 7) is 4.23. The van der Waals surface area contributed by atoms with Crippen molar-refractivity contribution in [2.75, 3.05) is 12.0 Å². The average molecular weight is 492 g/mol. The highest BCUT2D eigenvalue weighted by Crippen LogP contribution is 2.29. The zero-order chi connectivity index (χ0) is 23.9. The van der Waals surface area contributed by atoms with Gasteiger partial charge in [0, 0.05) is 16.0 Å². The molecule has 0 amide bonds. The van der Waals surface area contributed by atoms with E-state index in [9.17, 15) is 4.79 Å². The summed E-state index contributed by atoms with van der Waals surface area (Å²) >= 11 is 7.40. The minimum absolute atomic E-state index is 0.353. The summed E-state index contributed by atoms with van der Waals surface area (Å²) in [4.78, 5) is 17.1. The summed E-state index contributed by atoms with van der Waals surface area (Å²) in [5, 5.41) is 7.57. The van der Waals surface area contributed by atoms with E-state index in [2.05, 4.69) is 15.5 Å². The van der Waals surface area contributed by atoms with Crippen molar-refractivity contribution in [3.05, 3.63) is 93.8 Å². The second kappa shape index (κ2) is 11.0. The topological polar surface area (TPSA) is 72.8 Å². The number of rotatable bonds is 8. The molecule has 1 heterocycles. The van der Waals surface area contributed by atoms with Gasteiger partial charge in [0.1, 0.15) is 0 Å². The van der Waals surface area contributed by atoms with Gasteiger partial charge in [-0.05, 0) is 61.9 Å². The number of hydrogen-bond acceptors (Lipinski definition) is 7. The van der Waals surface area contributed by atoms with Gasteiger partial charge >= 0.3 is 5.97 Å². The Bertz CT molecular complexity index is 1320. The first kappa shape index (κ1) is 23.5. The number of benzene rings is 3. The highest BCUT2D eigenvalue weighted by Gasteiger charge is 2.13. The second-order valence-electron chi connectivity index (χ2n) is 7.31. The third-order valence-electron chi connectivity index (χ3n) is 4.74. The molecule has 0 aliphatic carbocycles. The van der Waals surface area contributed by atoms with Crippen molar-refractivity contribution >= 4 is 40.3 Å². The van der Waals surface area contributed by atoms with Gasteiger partial charge in [-0.1, -0.05) is 41.4 Å². The minimum Gasteiger partial charge on any atom is -0.490 e. The van der Waals surface area contributed by atoms with Gasteiger partial charge in [-0.15, -0.1) is 11.3 Å². The van der Waals surface area contributed by atoms with Gasteiger partial charge in [-0.25, -0.2) is 9.78 Å². The van der Waals surface area contributed by atoms with Crippen molar-refractivity contribution in [3.63, 3.8) is 0 Å². The molecule has 3 aromatic carbocycles. The van der Waals surface area contributed by atoms with Crippen LogP contribution in [0, 0.1) is 6.92 Å². The Morgan fingerprint density at radius 3 is 2.71 bits per heavy atom. The van der Waals surface area contributed by atoms with E-state index in [1.54, 1.807) is 36.5 Å². The van der Waals surface area contributed by atoms with E-state index >= 15 is 0 Å². The Balaban J connectivity index is 1.43. The number of nitrogens with one attached hydrogen (secondary N) is 1. The van der Waals surface area contributed by atoms with Crippen LogP contribution in [0.4, 0.5) is 5.13 Å². The Hall–Kier alpha value is -3.68. The number of aromatic nitrogens is 1. The van der Waals surface area contributed by atoms with Crippen molar-refractivity contribution in [3.8, 4) is 22.8 Å². The summed E-state index contributed by atoms with van der Waals surface area (Å²) in [6, 6.07) is 20.0. The minimum atomic E-state index is -0.437. The van der Waals surface area contributed by atoms with E-state index in [1.807, 2.05) is 55.6 Å². The Morgan fingerprint density at radius 2 is 1.94 bits per heavy atom. The van der Waals surface area contributed by atoms with Crippen LogP contribution < -0.4 is 14.9 Å². The molecule has 34 heavy (non-hydrogen) atoms. The molecule has 0 unspecified atom stereocenters. The molecular formula is C26H22ClN3O3S. The summed E-state index contributed by atoms with van der Waals surface area (Å²) in [5.74, 6) is 0.380. The Morgan fingerprint density at radius 1 is 1.12 bits per heavy atom. The van der Waals surface area contributed by atoms with Crippen LogP contribution in [0.2, 0.25) is 5.02 Å². The van der Waals surface area contributed by atoms with Crippen LogP contribution in [0.3, 0.4) is 0 Å². The summed E-state index contributed by atoms with van der Waals surface area (Å²) in [7, 11) is 0. The molecule has 4 aromatic rings. The van der Waals surface area contributed by atoms with E-state index < -0.39 is 5.97 Å². The quantitative estimate of drug-likeness (QED) is 0.126. The number of anilines is 1. The van der Waals surface area contributed by atoms with Crippen LogP contribution in [0.5, 0.6) is 11.5 Å². The number of halogens is 1. The van der Waals surface area contributed by atoms with Crippen molar-refractivity contribution in [1.29, 1.82) is 0 Å². The van der Waals surface area contributed by atoms with Crippen LogP contribution in [0.25, 0.3) is 11.3 Å². The third kappa shape index (κ3) is 6.01. The van der Waals surface area contributed by atoms with E-state index in [-0.39, 0.29) is 0 Å². The zero-order valence-corrected chi connectivity index (χ0v) is 20.2. The maximum absolute atomic E-state index is 12.5. The lowest BCUT2D eigenvalue weighted by Gasteiger charge is -2.11. The molecule has 6 nitrogen and oxygen atoms in total. The highest BCUT2D eigenvalue weighted by atomic mass is 35.5. The van der Waals surface area contributed by atoms with Crippen LogP contribution in [0.1, 0.15) is 28.4 Å². The molecule has 0 saturated carbocycles. The molecule has 0 spiro atoms. The molecule has 172 valence electrons. The molecule has 0 fully saturated rings. The van der Waals surface area contributed by atoms with Crippen LogP contribution in [-0.4, -0.2) is 23.8 Å². The van der Waals surface area contributed by atoms with E-state index in [0.717, 1.165) is 22.4 Å². The molecule has 0 bridgehead atoms. The molecule has 0 saturated heterocycles. The largest absolute Gasteiger partial charge is 0.490 e. The van der Waals surface area contributed by atoms with E-state index in [1.165, 1.54) is 11.3 Å². The van der Waals surface area contributed by atoms with Crippen molar-refractivity contribution in [2.45, 2.75) is 13.8 Å². The van der Waals surface area contributed by atoms with Gasteiger partial charge in [-0.2, -0.15) is 5.10 Å². The first-order chi connectivity index (χ1) is 16.5. The lowest BCUT2D eigenvalue weighted by atomic mass is 10.1. The number of carbonyl (C=O) groups is 1. The summed E-state index contributed by atoms with van der Waals surface area (Å²) in [5.41, 5.74) is 7.02. The molecule has 0 aliphatic heterocycles. The number of hydrazone groups is 1. The number of esters is 1. The third-order valence-corrected chi connectivity index (χ3v) is 5.74. The average Bonchev–Trinajstić information content (AvgIpc) is 3.30. The molecule has 4 rings (SSSR count). The second-order valence-corrected chi connectivity index (χ2v) is 8.61. The molecule has 0 aliphatic rings. The lowest BCUT2D eigenvalue weighted by molar-refractivity contribution is 0.0728. The van der Waals surface area contributed by atoms with Gasteiger partial charge < -0.3 is 9.47 Å².